The molecule has 0 saturated carbocycles. The Hall–Kier alpha value is -3.72. The summed E-state index contributed by atoms with van der Waals surface area (Å²) >= 11 is 0. The van der Waals surface area contributed by atoms with Crippen LogP contribution in [0, 0.1) is 11.9 Å². The minimum absolute atomic E-state index is 0.170. The van der Waals surface area contributed by atoms with Gasteiger partial charge in [0, 0.05) is 57.2 Å². The van der Waals surface area contributed by atoms with Crippen LogP contribution in [0.25, 0.3) is 22.0 Å². The molecule has 46 heavy (non-hydrogen) atoms. The molecule has 3 heterocycles. The van der Waals surface area contributed by atoms with E-state index in [9.17, 15) is 0 Å². The number of nitrogens with zero attached hydrogens (tertiary/aromatic N) is 3. The van der Waals surface area contributed by atoms with Gasteiger partial charge in [-0.05, 0) is 97.4 Å². The van der Waals surface area contributed by atoms with Gasteiger partial charge in [0.25, 0.3) is 0 Å². The molecular weight excluding hydrogens is 581 g/mol. The number of anilines is 1. The van der Waals surface area contributed by atoms with Gasteiger partial charge in [-0.1, -0.05) is 36.4 Å². The van der Waals surface area contributed by atoms with Crippen molar-refractivity contribution in [3.63, 3.8) is 0 Å². The van der Waals surface area contributed by atoms with Crippen LogP contribution in [0.4, 0.5) is 10.1 Å². The van der Waals surface area contributed by atoms with Gasteiger partial charge in [0.1, 0.15) is 5.75 Å². The predicted molar refractivity (Wildman–Crippen MR) is 180 cm³/mol. The summed E-state index contributed by atoms with van der Waals surface area (Å²) in [5.74, 6) is 0.771. The standard InChI is InChI=1S/C38H44FN3O4/c1-43-33-24-27(41-21-19-26(20-22-41)38(44-2)45-3)15-16-31(33)35-28(25-10-5-4-6-11-25)12-9-13-29-30(35)17-18-32-36(29)37(39)40-42(32)34-14-7-8-23-46-34/h4-6,10-11,15-18,24,26,34,38H,7-9,12-14,19-23H2,1-3H3. The van der Waals surface area contributed by atoms with Crippen molar-refractivity contribution in [2.75, 3.05) is 45.9 Å². The summed E-state index contributed by atoms with van der Waals surface area (Å²) in [6.07, 6.45) is 7.06. The number of allylic oxidation sites excluding steroid dienone is 1. The minimum atomic E-state index is -0.418. The summed E-state index contributed by atoms with van der Waals surface area (Å²) in [4.78, 5) is 2.42. The zero-order valence-corrected chi connectivity index (χ0v) is 27.1. The summed E-state index contributed by atoms with van der Waals surface area (Å²) in [7, 11) is 5.17. The van der Waals surface area contributed by atoms with E-state index in [-0.39, 0.29) is 12.5 Å². The van der Waals surface area contributed by atoms with Gasteiger partial charge in [0.15, 0.2) is 12.5 Å². The highest BCUT2D eigenvalue weighted by Gasteiger charge is 2.30. The van der Waals surface area contributed by atoms with Gasteiger partial charge < -0.3 is 23.8 Å². The third-order valence-corrected chi connectivity index (χ3v) is 10.1. The quantitative estimate of drug-likeness (QED) is 0.185. The fourth-order valence-corrected chi connectivity index (χ4v) is 7.84. The van der Waals surface area contributed by atoms with E-state index in [0.29, 0.717) is 17.9 Å². The molecule has 3 aromatic carbocycles. The first-order valence-corrected chi connectivity index (χ1v) is 16.7. The largest absolute Gasteiger partial charge is 0.496 e. The molecule has 242 valence electrons. The lowest BCUT2D eigenvalue weighted by molar-refractivity contribution is -0.141. The van der Waals surface area contributed by atoms with Gasteiger partial charge in [-0.2, -0.15) is 4.39 Å². The zero-order valence-electron chi connectivity index (χ0n) is 27.1. The molecule has 2 aliphatic heterocycles. The minimum Gasteiger partial charge on any atom is -0.496 e. The Labute approximate surface area is 270 Å². The van der Waals surface area contributed by atoms with Crippen molar-refractivity contribution in [3.8, 4) is 5.75 Å². The molecular formula is C38H44FN3O4. The molecule has 2 fully saturated rings. The topological polar surface area (TPSA) is 58.0 Å². The maximum Gasteiger partial charge on any atom is 0.240 e. The fourth-order valence-electron chi connectivity index (χ4n) is 7.84. The highest BCUT2D eigenvalue weighted by Crippen LogP contribution is 2.46. The first-order chi connectivity index (χ1) is 22.6. The highest BCUT2D eigenvalue weighted by molar-refractivity contribution is 6.04. The van der Waals surface area contributed by atoms with Crippen molar-refractivity contribution in [3.05, 3.63) is 88.9 Å². The number of ether oxygens (including phenoxy) is 4. The van der Waals surface area contributed by atoms with Crippen LogP contribution in [-0.2, 0) is 20.6 Å². The third kappa shape index (κ3) is 5.72. The Balaban J connectivity index is 1.33. The lowest BCUT2D eigenvalue weighted by Crippen LogP contribution is -2.39. The average Bonchev–Trinajstić information content (AvgIpc) is 3.33. The van der Waals surface area contributed by atoms with Crippen molar-refractivity contribution < 1.29 is 23.3 Å². The van der Waals surface area contributed by atoms with E-state index < -0.39 is 5.95 Å². The molecule has 0 amide bonds. The molecule has 1 unspecified atom stereocenters. The molecule has 0 N–H and O–H groups in total. The number of piperidine rings is 1. The highest BCUT2D eigenvalue weighted by atomic mass is 19.1. The van der Waals surface area contributed by atoms with Crippen molar-refractivity contribution in [2.45, 2.75) is 63.9 Å². The van der Waals surface area contributed by atoms with Gasteiger partial charge in [-0.15, -0.1) is 5.10 Å². The molecule has 2 saturated heterocycles. The van der Waals surface area contributed by atoms with Gasteiger partial charge in [0.2, 0.25) is 5.95 Å². The van der Waals surface area contributed by atoms with Crippen molar-refractivity contribution in [1.82, 2.24) is 9.78 Å². The van der Waals surface area contributed by atoms with Crippen LogP contribution >= 0.6 is 0 Å². The number of rotatable bonds is 8. The number of halogens is 1. The fraction of sp³-hybridized carbons (Fsp3) is 0.447. The molecule has 4 aromatic rings. The maximum atomic E-state index is 15.9. The number of aryl methyl sites for hydroxylation is 1. The van der Waals surface area contributed by atoms with E-state index in [1.165, 1.54) is 11.1 Å². The summed E-state index contributed by atoms with van der Waals surface area (Å²) in [6, 6.07) is 21.4. The van der Waals surface area contributed by atoms with Crippen LogP contribution in [0.15, 0.2) is 60.7 Å². The molecule has 1 aromatic heterocycles. The Morgan fingerprint density at radius 2 is 1.65 bits per heavy atom. The van der Waals surface area contributed by atoms with Gasteiger partial charge in [-0.25, -0.2) is 4.68 Å². The van der Waals surface area contributed by atoms with Crippen LogP contribution in [-0.4, -0.2) is 57.1 Å². The summed E-state index contributed by atoms with van der Waals surface area (Å²) in [5.41, 5.74) is 8.55. The maximum absolute atomic E-state index is 15.9. The molecule has 1 aliphatic carbocycles. The van der Waals surface area contributed by atoms with Gasteiger partial charge >= 0.3 is 0 Å². The number of fused-ring (bicyclic) bond motifs is 3. The molecule has 8 heteroatoms. The van der Waals surface area contributed by atoms with Gasteiger partial charge in [0.05, 0.1) is 18.0 Å². The summed E-state index contributed by atoms with van der Waals surface area (Å²) < 4.78 is 41.0. The second-order valence-electron chi connectivity index (χ2n) is 12.7. The van der Waals surface area contributed by atoms with Crippen molar-refractivity contribution in [2.24, 2.45) is 5.92 Å². The lowest BCUT2D eigenvalue weighted by Gasteiger charge is -2.36. The number of benzene rings is 3. The van der Waals surface area contributed by atoms with E-state index in [4.69, 9.17) is 18.9 Å². The van der Waals surface area contributed by atoms with Crippen LogP contribution in [0.2, 0.25) is 0 Å². The number of hydrogen-bond acceptors (Lipinski definition) is 6. The lowest BCUT2D eigenvalue weighted by atomic mass is 9.86. The number of hydrogen-bond donors (Lipinski definition) is 0. The number of aromatic nitrogens is 2. The summed E-state index contributed by atoms with van der Waals surface area (Å²) in [6.45, 7) is 2.52. The van der Waals surface area contributed by atoms with Crippen LogP contribution < -0.4 is 9.64 Å². The average molecular weight is 626 g/mol. The summed E-state index contributed by atoms with van der Waals surface area (Å²) in [5, 5.41) is 5.03. The first kappa shape index (κ1) is 30.9. The van der Waals surface area contributed by atoms with E-state index in [1.54, 1.807) is 26.0 Å². The monoisotopic (exact) mass is 625 g/mol. The third-order valence-electron chi connectivity index (χ3n) is 10.1. The van der Waals surface area contributed by atoms with Crippen molar-refractivity contribution in [1.29, 1.82) is 0 Å². The molecule has 0 radical (unpaired) electrons. The SMILES string of the molecule is COc1cc(N2CCC(C(OC)OC)CC2)ccc1C1=C(c2ccccc2)CCCc2c1ccc1c2c(F)nn1C1CCCCO1. The Kier molecular flexibility index (Phi) is 9.11. The first-order valence-electron chi connectivity index (χ1n) is 16.7. The molecule has 0 bridgehead atoms. The van der Waals surface area contributed by atoms with Crippen LogP contribution in [0.1, 0.15) is 73.4 Å². The Bertz CT molecular complexity index is 1700. The van der Waals surface area contributed by atoms with E-state index in [1.807, 2.05) is 6.07 Å². The van der Waals surface area contributed by atoms with E-state index in [2.05, 4.69) is 64.6 Å². The second-order valence-corrected chi connectivity index (χ2v) is 12.7. The van der Waals surface area contributed by atoms with E-state index >= 15 is 4.39 Å². The molecule has 3 aliphatic rings. The molecule has 7 rings (SSSR count). The zero-order chi connectivity index (χ0) is 31.6. The van der Waals surface area contributed by atoms with Crippen molar-refractivity contribution >= 4 is 27.7 Å². The second kappa shape index (κ2) is 13.6. The normalized spacial score (nSPS) is 19.5. The Morgan fingerprint density at radius 3 is 2.37 bits per heavy atom. The Morgan fingerprint density at radius 1 is 0.870 bits per heavy atom. The molecule has 0 spiro atoms. The van der Waals surface area contributed by atoms with E-state index in [0.717, 1.165) is 104 Å². The van der Waals surface area contributed by atoms with Crippen LogP contribution in [0.3, 0.4) is 0 Å². The predicted octanol–water partition coefficient (Wildman–Crippen LogP) is 8.01. The van der Waals surface area contributed by atoms with Crippen LogP contribution in [0.5, 0.6) is 5.75 Å². The smallest absolute Gasteiger partial charge is 0.240 e. The molecule has 1 atom stereocenters. The molecule has 7 nitrogen and oxygen atoms in total. The number of methoxy groups -OCH3 is 3. The van der Waals surface area contributed by atoms with Gasteiger partial charge in [-0.3, -0.25) is 0 Å².